The Kier molecular flexibility index (Phi) is 4.35. The Labute approximate surface area is 112 Å². The second-order valence-electron chi connectivity index (χ2n) is 4.46. The molecule has 1 aromatic carbocycles. The Balaban J connectivity index is 2.12. The van der Waals surface area contributed by atoms with Crippen LogP contribution in [0, 0.1) is 11.8 Å². The number of nitrogens with one attached hydrogen (secondary N) is 1. The van der Waals surface area contributed by atoms with Crippen LogP contribution >= 0.6 is 0 Å². The molecule has 1 atom stereocenters. The van der Waals surface area contributed by atoms with Gasteiger partial charge in [0.25, 0.3) is 5.91 Å². The average Bonchev–Trinajstić information content (AvgIpc) is 2.46. The van der Waals surface area contributed by atoms with E-state index in [1.54, 1.807) is 31.3 Å². The number of carbonyl (C=O) groups excluding carboxylic acids is 1. The summed E-state index contributed by atoms with van der Waals surface area (Å²) in [6.45, 7) is 0. The summed E-state index contributed by atoms with van der Waals surface area (Å²) in [5.74, 6) is 5.70. The molecule has 1 aliphatic rings. The molecule has 0 heterocycles. The standard InChI is InChI=1S/C16H16FNO/c1-18-16(19)14-10-7-12(8-11-14)6-9-13-4-2-3-5-15(13)17/h4,7-8,10-11,15H,2-3,5H2,1H3,(H,18,19). The van der Waals surface area contributed by atoms with E-state index < -0.39 is 6.17 Å². The molecule has 0 saturated heterocycles. The van der Waals surface area contributed by atoms with Crippen LogP contribution in [0.4, 0.5) is 4.39 Å². The Morgan fingerprint density at radius 1 is 1.32 bits per heavy atom. The number of alkyl halides is 1. The highest BCUT2D eigenvalue weighted by molar-refractivity contribution is 5.94. The van der Waals surface area contributed by atoms with Crippen LogP contribution in [0.5, 0.6) is 0 Å². The Bertz CT molecular complexity index is 548. The quantitative estimate of drug-likeness (QED) is 0.770. The first-order valence-electron chi connectivity index (χ1n) is 6.39. The third-order valence-corrected chi connectivity index (χ3v) is 3.09. The molecule has 19 heavy (non-hydrogen) atoms. The summed E-state index contributed by atoms with van der Waals surface area (Å²) in [4.78, 5) is 11.4. The van der Waals surface area contributed by atoms with Gasteiger partial charge in [-0.05, 0) is 43.5 Å². The number of hydrogen-bond acceptors (Lipinski definition) is 1. The lowest BCUT2D eigenvalue weighted by Crippen LogP contribution is -2.17. The molecule has 3 heteroatoms. The Hall–Kier alpha value is -2.08. The van der Waals surface area contributed by atoms with E-state index in [1.807, 2.05) is 6.08 Å². The maximum Gasteiger partial charge on any atom is 0.251 e. The fourth-order valence-corrected chi connectivity index (χ4v) is 1.96. The number of hydrogen-bond donors (Lipinski definition) is 1. The minimum Gasteiger partial charge on any atom is -0.355 e. The van der Waals surface area contributed by atoms with Gasteiger partial charge in [-0.2, -0.15) is 0 Å². The zero-order valence-corrected chi connectivity index (χ0v) is 10.9. The van der Waals surface area contributed by atoms with Gasteiger partial charge in [0, 0.05) is 23.7 Å². The summed E-state index contributed by atoms with van der Waals surface area (Å²) in [5, 5.41) is 2.56. The number of carbonyl (C=O) groups is 1. The highest BCUT2D eigenvalue weighted by Gasteiger charge is 2.14. The van der Waals surface area contributed by atoms with Gasteiger partial charge < -0.3 is 5.32 Å². The zero-order chi connectivity index (χ0) is 13.7. The van der Waals surface area contributed by atoms with E-state index in [0.29, 0.717) is 17.6 Å². The molecule has 1 N–H and O–H groups in total. The highest BCUT2D eigenvalue weighted by atomic mass is 19.1. The third-order valence-electron chi connectivity index (χ3n) is 3.09. The van der Waals surface area contributed by atoms with E-state index in [0.717, 1.165) is 18.4 Å². The van der Waals surface area contributed by atoms with Crippen molar-refractivity contribution in [3.8, 4) is 11.8 Å². The molecule has 1 aliphatic carbocycles. The molecular formula is C16H16FNO. The van der Waals surface area contributed by atoms with E-state index in [-0.39, 0.29) is 5.91 Å². The average molecular weight is 257 g/mol. The lowest BCUT2D eigenvalue weighted by molar-refractivity contribution is 0.0963. The zero-order valence-electron chi connectivity index (χ0n) is 10.9. The van der Waals surface area contributed by atoms with Crippen LogP contribution in [-0.4, -0.2) is 19.1 Å². The van der Waals surface area contributed by atoms with Crippen LogP contribution in [0.1, 0.15) is 35.2 Å². The summed E-state index contributed by atoms with van der Waals surface area (Å²) in [7, 11) is 1.59. The third kappa shape index (κ3) is 3.45. The molecule has 0 fully saturated rings. The minimum atomic E-state index is -0.925. The van der Waals surface area contributed by atoms with Crippen LogP contribution < -0.4 is 5.32 Å². The second-order valence-corrected chi connectivity index (χ2v) is 4.46. The van der Waals surface area contributed by atoms with E-state index in [1.165, 1.54) is 0 Å². The minimum absolute atomic E-state index is 0.127. The van der Waals surface area contributed by atoms with Crippen molar-refractivity contribution < 1.29 is 9.18 Å². The molecule has 2 nitrogen and oxygen atoms in total. The number of amides is 1. The monoisotopic (exact) mass is 257 g/mol. The lowest BCUT2D eigenvalue weighted by Gasteiger charge is -2.11. The van der Waals surface area contributed by atoms with Crippen LogP contribution in [-0.2, 0) is 0 Å². The van der Waals surface area contributed by atoms with Crippen molar-refractivity contribution in [2.45, 2.75) is 25.4 Å². The van der Waals surface area contributed by atoms with E-state index in [4.69, 9.17) is 0 Å². The molecule has 1 aromatic rings. The molecular weight excluding hydrogens is 241 g/mol. The van der Waals surface area contributed by atoms with Crippen molar-refractivity contribution in [1.29, 1.82) is 0 Å². The maximum atomic E-state index is 13.5. The summed E-state index contributed by atoms with van der Waals surface area (Å²) in [6, 6.07) is 6.97. The molecule has 0 spiro atoms. The van der Waals surface area contributed by atoms with E-state index >= 15 is 0 Å². The SMILES string of the molecule is CNC(=O)c1ccc(C#CC2=CCCCC2F)cc1. The van der Waals surface area contributed by atoms with E-state index in [2.05, 4.69) is 17.2 Å². The highest BCUT2D eigenvalue weighted by Crippen LogP contribution is 2.20. The first kappa shape index (κ1) is 13.4. The lowest BCUT2D eigenvalue weighted by atomic mass is 9.98. The van der Waals surface area contributed by atoms with Crippen LogP contribution in [0.25, 0.3) is 0 Å². The molecule has 0 bridgehead atoms. The molecule has 0 saturated carbocycles. The van der Waals surface area contributed by atoms with Gasteiger partial charge in [0.1, 0.15) is 6.17 Å². The number of halogens is 1. The van der Waals surface area contributed by atoms with Gasteiger partial charge in [0.05, 0.1) is 0 Å². The van der Waals surface area contributed by atoms with Crippen molar-refractivity contribution in [1.82, 2.24) is 5.32 Å². The predicted molar refractivity (Wildman–Crippen MR) is 73.5 cm³/mol. The van der Waals surface area contributed by atoms with Gasteiger partial charge in [0.15, 0.2) is 0 Å². The summed E-state index contributed by atoms with van der Waals surface area (Å²) < 4.78 is 13.5. The summed E-state index contributed by atoms with van der Waals surface area (Å²) in [6.07, 6.45) is 3.31. The fraction of sp³-hybridized carbons (Fsp3) is 0.312. The molecule has 1 amide bonds. The largest absolute Gasteiger partial charge is 0.355 e. The smallest absolute Gasteiger partial charge is 0.251 e. The van der Waals surface area contributed by atoms with Crippen molar-refractivity contribution in [3.63, 3.8) is 0 Å². The molecule has 0 aliphatic heterocycles. The van der Waals surface area contributed by atoms with Gasteiger partial charge in [-0.3, -0.25) is 4.79 Å². The number of allylic oxidation sites excluding steroid dienone is 2. The fourth-order valence-electron chi connectivity index (χ4n) is 1.96. The molecule has 98 valence electrons. The van der Waals surface area contributed by atoms with Gasteiger partial charge in [-0.15, -0.1) is 0 Å². The van der Waals surface area contributed by atoms with E-state index in [9.17, 15) is 9.18 Å². The maximum absolute atomic E-state index is 13.5. The van der Waals surface area contributed by atoms with Crippen LogP contribution in [0.2, 0.25) is 0 Å². The molecule has 0 radical (unpaired) electrons. The van der Waals surface area contributed by atoms with Gasteiger partial charge in [-0.25, -0.2) is 4.39 Å². The Morgan fingerprint density at radius 2 is 2.05 bits per heavy atom. The van der Waals surface area contributed by atoms with Crippen molar-refractivity contribution >= 4 is 5.91 Å². The second kappa shape index (κ2) is 6.19. The van der Waals surface area contributed by atoms with Crippen LogP contribution in [0.15, 0.2) is 35.9 Å². The molecule has 1 unspecified atom stereocenters. The summed E-state index contributed by atoms with van der Waals surface area (Å²) in [5.41, 5.74) is 1.96. The van der Waals surface area contributed by atoms with Crippen molar-refractivity contribution in [2.24, 2.45) is 0 Å². The normalized spacial score (nSPS) is 18.0. The van der Waals surface area contributed by atoms with Gasteiger partial charge >= 0.3 is 0 Å². The molecule has 2 rings (SSSR count). The first-order valence-corrected chi connectivity index (χ1v) is 6.39. The van der Waals surface area contributed by atoms with Gasteiger partial charge in [0.2, 0.25) is 0 Å². The Morgan fingerprint density at radius 3 is 2.68 bits per heavy atom. The van der Waals surface area contributed by atoms with Crippen molar-refractivity contribution in [2.75, 3.05) is 7.05 Å². The van der Waals surface area contributed by atoms with Crippen molar-refractivity contribution in [3.05, 3.63) is 47.0 Å². The predicted octanol–water partition coefficient (Wildman–Crippen LogP) is 2.85. The number of rotatable bonds is 1. The molecule has 0 aromatic heterocycles. The first-order chi connectivity index (χ1) is 9.20. The van der Waals surface area contributed by atoms with Crippen LogP contribution in [0.3, 0.4) is 0 Å². The topological polar surface area (TPSA) is 29.1 Å². The number of benzene rings is 1. The van der Waals surface area contributed by atoms with Gasteiger partial charge in [-0.1, -0.05) is 17.9 Å². The summed E-state index contributed by atoms with van der Waals surface area (Å²) >= 11 is 0.